The van der Waals surface area contributed by atoms with Crippen molar-refractivity contribution in [1.82, 2.24) is 0 Å². The molecule has 1 aromatic carbocycles. The Kier molecular flexibility index (Phi) is 3.55. The number of carbonyl (C=O) groups excluding carboxylic acids is 1. The molecule has 0 amide bonds. The van der Waals surface area contributed by atoms with Crippen molar-refractivity contribution in [2.75, 3.05) is 11.9 Å². The van der Waals surface area contributed by atoms with Crippen LogP contribution in [0.15, 0.2) is 18.2 Å². The van der Waals surface area contributed by atoms with Gasteiger partial charge >= 0.3 is 0 Å². The molecule has 5 heteroatoms. The van der Waals surface area contributed by atoms with Crippen molar-refractivity contribution in [2.24, 2.45) is 5.92 Å². The number of hydrogen-bond donors (Lipinski definition) is 0. The molecular formula is C14H18N2O3. The van der Waals surface area contributed by atoms with Gasteiger partial charge in [0.25, 0.3) is 5.69 Å². The Morgan fingerprint density at radius 1 is 1.47 bits per heavy atom. The van der Waals surface area contributed by atoms with Crippen molar-refractivity contribution in [3.05, 3.63) is 33.9 Å². The first-order valence-electron chi connectivity index (χ1n) is 6.44. The highest BCUT2D eigenvalue weighted by molar-refractivity contribution is 5.95. The summed E-state index contributed by atoms with van der Waals surface area (Å²) in [5, 5.41) is 11.2. The van der Waals surface area contributed by atoms with Crippen LogP contribution in [-0.2, 0) is 0 Å². The van der Waals surface area contributed by atoms with Gasteiger partial charge in [0.15, 0.2) is 5.78 Å². The van der Waals surface area contributed by atoms with Crippen LogP contribution in [0.25, 0.3) is 0 Å². The van der Waals surface area contributed by atoms with Crippen molar-refractivity contribution in [2.45, 2.75) is 32.7 Å². The highest BCUT2D eigenvalue weighted by Crippen LogP contribution is 2.38. The van der Waals surface area contributed by atoms with E-state index in [4.69, 9.17) is 0 Å². The fraction of sp³-hybridized carbons (Fsp3) is 0.500. The average Bonchev–Trinajstić information content (AvgIpc) is 3.20. The van der Waals surface area contributed by atoms with Crippen molar-refractivity contribution in [3.8, 4) is 0 Å². The Bertz CT molecular complexity index is 523. The third-order valence-electron chi connectivity index (χ3n) is 3.87. The monoisotopic (exact) mass is 262 g/mol. The van der Waals surface area contributed by atoms with E-state index in [2.05, 4.69) is 6.92 Å². The lowest BCUT2D eigenvalue weighted by Gasteiger charge is -2.26. The van der Waals surface area contributed by atoms with E-state index in [1.54, 1.807) is 12.1 Å². The summed E-state index contributed by atoms with van der Waals surface area (Å²) in [5.41, 5.74) is 0.958. The van der Waals surface area contributed by atoms with Crippen LogP contribution in [0.3, 0.4) is 0 Å². The van der Waals surface area contributed by atoms with Gasteiger partial charge < -0.3 is 4.90 Å². The molecule has 19 heavy (non-hydrogen) atoms. The average molecular weight is 262 g/mol. The largest absolute Gasteiger partial charge is 0.366 e. The second kappa shape index (κ2) is 4.99. The summed E-state index contributed by atoms with van der Waals surface area (Å²) >= 11 is 0. The number of rotatable bonds is 5. The zero-order valence-electron chi connectivity index (χ0n) is 11.4. The molecule has 0 N–H and O–H groups in total. The molecule has 102 valence electrons. The number of nitrogens with zero attached hydrogens (tertiary/aromatic N) is 2. The van der Waals surface area contributed by atoms with Crippen LogP contribution in [0.4, 0.5) is 11.4 Å². The molecule has 0 spiro atoms. The van der Waals surface area contributed by atoms with Crippen LogP contribution >= 0.6 is 0 Å². The predicted molar refractivity (Wildman–Crippen MR) is 73.7 cm³/mol. The van der Waals surface area contributed by atoms with Gasteiger partial charge in [-0.15, -0.1) is 0 Å². The number of anilines is 1. The molecular weight excluding hydrogens is 244 g/mol. The molecule has 2 rings (SSSR count). The van der Waals surface area contributed by atoms with E-state index in [1.807, 2.05) is 11.9 Å². The maximum atomic E-state index is 11.3. The zero-order valence-corrected chi connectivity index (χ0v) is 11.4. The minimum absolute atomic E-state index is 0.00250. The van der Waals surface area contributed by atoms with Gasteiger partial charge in [-0.3, -0.25) is 14.9 Å². The number of nitro groups is 1. The molecule has 0 radical (unpaired) electrons. The van der Waals surface area contributed by atoms with Gasteiger partial charge in [-0.05, 0) is 44.7 Å². The standard InChI is InChI=1S/C14H18N2O3/c1-9(11-4-5-11)15(3)13-7-6-12(10(2)17)8-14(13)16(18)19/h6-9,11H,4-5H2,1-3H3. The fourth-order valence-corrected chi connectivity index (χ4v) is 2.30. The number of benzene rings is 1. The lowest BCUT2D eigenvalue weighted by Crippen LogP contribution is -2.31. The number of nitro benzene ring substituents is 1. The van der Waals surface area contributed by atoms with E-state index in [0.717, 1.165) is 0 Å². The van der Waals surface area contributed by atoms with Crippen molar-refractivity contribution >= 4 is 17.2 Å². The quantitative estimate of drug-likeness (QED) is 0.465. The number of ketones is 1. The molecule has 1 saturated carbocycles. The first kappa shape index (κ1) is 13.5. The summed E-state index contributed by atoms with van der Waals surface area (Å²) in [5.74, 6) is 0.463. The van der Waals surface area contributed by atoms with Gasteiger partial charge in [0.2, 0.25) is 0 Å². The molecule has 1 aliphatic carbocycles. The second-order valence-electron chi connectivity index (χ2n) is 5.21. The van der Waals surface area contributed by atoms with Crippen LogP contribution in [0.2, 0.25) is 0 Å². The molecule has 0 aromatic heterocycles. The Hall–Kier alpha value is -1.91. The Morgan fingerprint density at radius 2 is 2.11 bits per heavy atom. The van der Waals surface area contributed by atoms with E-state index in [1.165, 1.54) is 25.8 Å². The highest BCUT2D eigenvalue weighted by Gasteiger charge is 2.32. The first-order valence-corrected chi connectivity index (χ1v) is 6.44. The van der Waals surface area contributed by atoms with Crippen molar-refractivity contribution in [1.29, 1.82) is 0 Å². The Labute approximate surface area is 112 Å². The van der Waals surface area contributed by atoms with Crippen LogP contribution < -0.4 is 4.90 Å². The van der Waals surface area contributed by atoms with Crippen molar-refractivity contribution in [3.63, 3.8) is 0 Å². The van der Waals surface area contributed by atoms with Gasteiger partial charge in [0.1, 0.15) is 5.69 Å². The molecule has 0 saturated heterocycles. The lowest BCUT2D eigenvalue weighted by molar-refractivity contribution is -0.384. The summed E-state index contributed by atoms with van der Waals surface area (Å²) in [6, 6.07) is 4.98. The van der Waals surface area contributed by atoms with E-state index >= 15 is 0 Å². The maximum Gasteiger partial charge on any atom is 0.293 e. The van der Waals surface area contributed by atoms with E-state index in [0.29, 0.717) is 17.2 Å². The lowest BCUT2D eigenvalue weighted by atomic mass is 10.1. The van der Waals surface area contributed by atoms with Crippen LogP contribution in [0, 0.1) is 16.0 Å². The smallest absolute Gasteiger partial charge is 0.293 e. The van der Waals surface area contributed by atoms with Crippen LogP contribution in [0.5, 0.6) is 0 Å². The van der Waals surface area contributed by atoms with E-state index in [-0.39, 0.29) is 17.5 Å². The maximum absolute atomic E-state index is 11.3. The number of Topliss-reactive ketones (excluding diaryl/α,β-unsaturated/α-hetero) is 1. The fourth-order valence-electron chi connectivity index (χ4n) is 2.30. The molecule has 0 bridgehead atoms. The van der Waals surface area contributed by atoms with Gasteiger partial charge in [-0.1, -0.05) is 0 Å². The first-order chi connectivity index (χ1) is 8.91. The minimum atomic E-state index is -0.419. The molecule has 1 fully saturated rings. The molecule has 0 aliphatic heterocycles. The summed E-state index contributed by atoms with van der Waals surface area (Å²) in [7, 11) is 1.87. The van der Waals surface area contributed by atoms with Crippen LogP contribution in [-0.4, -0.2) is 23.8 Å². The van der Waals surface area contributed by atoms with Gasteiger partial charge in [0.05, 0.1) is 4.92 Å². The number of hydrogen-bond acceptors (Lipinski definition) is 4. The normalized spacial score (nSPS) is 15.9. The second-order valence-corrected chi connectivity index (χ2v) is 5.21. The van der Waals surface area contributed by atoms with Gasteiger partial charge in [0, 0.05) is 24.7 Å². The number of carbonyl (C=O) groups is 1. The molecule has 5 nitrogen and oxygen atoms in total. The van der Waals surface area contributed by atoms with Gasteiger partial charge in [-0.2, -0.15) is 0 Å². The molecule has 0 heterocycles. The topological polar surface area (TPSA) is 63.5 Å². The van der Waals surface area contributed by atoms with E-state index < -0.39 is 4.92 Å². The van der Waals surface area contributed by atoms with Crippen LogP contribution in [0.1, 0.15) is 37.0 Å². The van der Waals surface area contributed by atoms with Crippen molar-refractivity contribution < 1.29 is 9.72 Å². The zero-order chi connectivity index (χ0) is 14.2. The SMILES string of the molecule is CC(=O)c1ccc(N(C)C(C)C2CC2)c([N+](=O)[O-])c1. The summed E-state index contributed by atoms with van der Waals surface area (Å²) in [6.07, 6.45) is 2.37. The van der Waals surface area contributed by atoms with Gasteiger partial charge in [-0.25, -0.2) is 0 Å². The third-order valence-corrected chi connectivity index (χ3v) is 3.87. The Balaban J connectivity index is 2.38. The molecule has 1 aromatic rings. The molecule has 1 aliphatic rings. The highest BCUT2D eigenvalue weighted by atomic mass is 16.6. The Morgan fingerprint density at radius 3 is 2.58 bits per heavy atom. The predicted octanol–water partition coefficient (Wildman–Crippen LogP) is 3.03. The summed E-state index contributed by atoms with van der Waals surface area (Å²) in [4.78, 5) is 24.0. The molecule has 1 atom stereocenters. The minimum Gasteiger partial charge on any atom is -0.366 e. The summed E-state index contributed by atoms with van der Waals surface area (Å²) in [6.45, 7) is 3.50. The third kappa shape index (κ3) is 2.75. The molecule has 1 unspecified atom stereocenters. The van der Waals surface area contributed by atoms with E-state index in [9.17, 15) is 14.9 Å². The summed E-state index contributed by atoms with van der Waals surface area (Å²) < 4.78 is 0.